The van der Waals surface area contributed by atoms with E-state index in [-0.39, 0.29) is 11.7 Å². The minimum atomic E-state index is -2.90. The van der Waals surface area contributed by atoms with E-state index in [9.17, 15) is 8.78 Å². The Morgan fingerprint density at radius 1 is 1.50 bits per heavy atom. The highest BCUT2D eigenvalue weighted by Gasteiger charge is 2.35. The van der Waals surface area contributed by atoms with Crippen molar-refractivity contribution in [2.45, 2.75) is 5.92 Å². The van der Waals surface area contributed by atoms with Crippen LogP contribution in [-0.2, 0) is 4.74 Å². The van der Waals surface area contributed by atoms with Crippen molar-refractivity contribution < 1.29 is 13.5 Å². The van der Waals surface area contributed by atoms with Gasteiger partial charge in [0.1, 0.15) is 0 Å². The van der Waals surface area contributed by atoms with Crippen LogP contribution in [0.2, 0.25) is 0 Å². The van der Waals surface area contributed by atoms with E-state index in [2.05, 4.69) is 4.74 Å². The van der Waals surface area contributed by atoms with E-state index in [1.54, 1.807) is 0 Å². The van der Waals surface area contributed by atoms with Crippen LogP contribution in [0.25, 0.3) is 0 Å². The Balaban J connectivity index is 2.80. The van der Waals surface area contributed by atoms with Gasteiger partial charge in [0.25, 0.3) is 5.92 Å². The summed E-state index contributed by atoms with van der Waals surface area (Å²) in [6.07, 6.45) is 0. The quantitative estimate of drug-likeness (QED) is 0.532. The van der Waals surface area contributed by atoms with E-state index in [4.69, 9.17) is 11.5 Å². The summed E-state index contributed by atoms with van der Waals surface area (Å²) in [7, 11) is 1.44. The molecule has 0 bridgehead atoms. The third-order valence-electron chi connectivity index (χ3n) is 1.57. The van der Waals surface area contributed by atoms with Crippen LogP contribution < -0.4 is 11.5 Å². The molecule has 0 aliphatic carbocycles. The molecule has 1 rings (SSSR count). The molecular weight excluding hydrogens is 168 g/mol. The summed E-state index contributed by atoms with van der Waals surface area (Å²) in [4.78, 5) is 1.17. The normalized spacial score (nSPS) is 23.4. The van der Waals surface area contributed by atoms with Gasteiger partial charge in [0.15, 0.2) is 12.4 Å². The van der Waals surface area contributed by atoms with Crippen LogP contribution in [0.3, 0.4) is 0 Å². The lowest BCUT2D eigenvalue weighted by atomic mass is 10.3. The van der Waals surface area contributed by atoms with Crippen LogP contribution in [-0.4, -0.2) is 31.0 Å². The van der Waals surface area contributed by atoms with Crippen molar-refractivity contribution in [2.75, 3.05) is 20.2 Å². The Labute approximate surface area is 68.8 Å². The molecule has 0 aromatic rings. The SMILES string of the molecule is CN1CC(F)(F)COC(N)=C1N. The van der Waals surface area contributed by atoms with Gasteiger partial charge in [-0.15, -0.1) is 0 Å². The maximum Gasteiger partial charge on any atom is 0.298 e. The van der Waals surface area contributed by atoms with Crippen LogP contribution in [0.15, 0.2) is 11.7 Å². The Morgan fingerprint density at radius 3 is 2.67 bits per heavy atom. The fourth-order valence-corrected chi connectivity index (χ4v) is 0.923. The Morgan fingerprint density at radius 2 is 2.08 bits per heavy atom. The molecule has 0 amide bonds. The van der Waals surface area contributed by atoms with E-state index in [1.165, 1.54) is 11.9 Å². The lowest BCUT2D eigenvalue weighted by Crippen LogP contribution is -2.36. The van der Waals surface area contributed by atoms with E-state index in [0.717, 1.165) is 0 Å². The van der Waals surface area contributed by atoms with Gasteiger partial charge < -0.3 is 21.1 Å². The molecule has 0 unspecified atom stereocenters. The van der Waals surface area contributed by atoms with Gasteiger partial charge in [-0.3, -0.25) is 0 Å². The lowest BCUT2D eigenvalue weighted by Gasteiger charge is -2.20. The molecule has 0 saturated heterocycles. The van der Waals surface area contributed by atoms with Crippen molar-refractivity contribution in [3.8, 4) is 0 Å². The summed E-state index contributed by atoms with van der Waals surface area (Å²) in [5.74, 6) is -3.00. The van der Waals surface area contributed by atoms with Crippen LogP contribution >= 0.6 is 0 Å². The van der Waals surface area contributed by atoms with Crippen molar-refractivity contribution in [3.63, 3.8) is 0 Å². The highest BCUT2D eigenvalue weighted by molar-refractivity contribution is 5.02. The van der Waals surface area contributed by atoms with Crippen molar-refractivity contribution in [1.29, 1.82) is 0 Å². The number of alkyl halides is 2. The molecular formula is C6H11F2N3O. The summed E-state index contributed by atoms with van der Waals surface area (Å²) >= 11 is 0. The van der Waals surface area contributed by atoms with Crippen LogP contribution in [0, 0.1) is 0 Å². The van der Waals surface area contributed by atoms with E-state index < -0.39 is 19.1 Å². The molecule has 0 fully saturated rings. The van der Waals surface area contributed by atoms with Crippen molar-refractivity contribution in [1.82, 2.24) is 4.90 Å². The molecule has 0 aromatic heterocycles. The molecule has 6 heteroatoms. The van der Waals surface area contributed by atoms with Gasteiger partial charge in [0.2, 0.25) is 5.88 Å². The largest absolute Gasteiger partial charge is 0.470 e. The standard InChI is InChI=1S/C6H11F2N3O/c1-11-2-6(7,8)3-12-5(10)4(11)9/h2-3,9-10H2,1H3. The predicted octanol–water partition coefficient (Wildman–Crippen LogP) is -0.372. The van der Waals surface area contributed by atoms with Crippen LogP contribution in [0.4, 0.5) is 8.78 Å². The molecule has 4 nitrogen and oxygen atoms in total. The summed E-state index contributed by atoms with van der Waals surface area (Å²) in [6, 6.07) is 0. The molecule has 0 spiro atoms. The van der Waals surface area contributed by atoms with Crippen LogP contribution in [0.5, 0.6) is 0 Å². The third kappa shape index (κ3) is 1.69. The number of halogens is 2. The highest BCUT2D eigenvalue weighted by Crippen LogP contribution is 2.20. The van der Waals surface area contributed by atoms with Gasteiger partial charge in [-0.25, -0.2) is 8.78 Å². The third-order valence-corrected chi connectivity index (χ3v) is 1.57. The fourth-order valence-electron chi connectivity index (χ4n) is 0.923. The minimum Gasteiger partial charge on any atom is -0.470 e. The Hall–Kier alpha value is -1.20. The summed E-state index contributed by atoms with van der Waals surface area (Å²) in [6.45, 7) is -1.19. The maximum absolute atomic E-state index is 12.8. The Kier molecular flexibility index (Phi) is 1.99. The molecule has 0 radical (unpaired) electrons. The van der Waals surface area contributed by atoms with E-state index in [1.807, 2.05) is 0 Å². The van der Waals surface area contributed by atoms with E-state index in [0.29, 0.717) is 0 Å². The van der Waals surface area contributed by atoms with Crippen LogP contribution in [0.1, 0.15) is 0 Å². The van der Waals surface area contributed by atoms with Gasteiger partial charge in [0.05, 0.1) is 6.54 Å². The number of nitrogens with zero attached hydrogens (tertiary/aromatic N) is 1. The van der Waals surface area contributed by atoms with E-state index >= 15 is 0 Å². The van der Waals surface area contributed by atoms with Gasteiger partial charge in [0, 0.05) is 7.05 Å². The van der Waals surface area contributed by atoms with Gasteiger partial charge in [-0.2, -0.15) is 0 Å². The zero-order chi connectivity index (χ0) is 9.35. The van der Waals surface area contributed by atoms with Crippen molar-refractivity contribution in [2.24, 2.45) is 11.5 Å². The number of hydrogen-bond donors (Lipinski definition) is 2. The molecule has 0 atom stereocenters. The molecule has 1 aliphatic heterocycles. The summed E-state index contributed by atoms with van der Waals surface area (Å²) in [5.41, 5.74) is 10.6. The molecule has 0 saturated carbocycles. The molecule has 70 valence electrons. The minimum absolute atomic E-state index is 0.0483. The van der Waals surface area contributed by atoms with Gasteiger partial charge in [-0.05, 0) is 0 Å². The van der Waals surface area contributed by atoms with Gasteiger partial charge in [-0.1, -0.05) is 0 Å². The lowest BCUT2D eigenvalue weighted by molar-refractivity contribution is -0.0628. The zero-order valence-corrected chi connectivity index (χ0v) is 6.68. The smallest absolute Gasteiger partial charge is 0.298 e. The molecule has 1 aliphatic rings. The molecule has 0 aromatic carbocycles. The van der Waals surface area contributed by atoms with Gasteiger partial charge >= 0.3 is 0 Å². The zero-order valence-electron chi connectivity index (χ0n) is 6.68. The average molecular weight is 179 g/mol. The molecule has 4 N–H and O–H groups in total. The van der Waals surface area contributed by atoms with Crippen molar-refractivity contribution in [3.05, 3.63) is 11.7 Å². The summed E-state index contributed by atoms with van der Waals surface area (Å²) in [5, 5.41) is 0. The molecule has 1 heterocycles. The number of hydrogen-bond acceptors (Lipinski definition) is 4. The number of rotatable bonds is 0. The first-order valence-electron chi connectivity index (χ1n) is 3.39. The second-order valence-electron chi connectivity index (χ2n) is 2.75. The number of nitrogens with two attached hydrogens (primary N) is 2. The maximum atomic E-state index is 12.8. The first kappa shape index (κ1) is 8.89. The summed E-state index contributed by atoms with van der Waals surface area (Å²) < 4.78 is 30.1. The second-order valence-corrected chi connectivity index (χ2v) is 2.75. The topological polar surface area (TPSA) is 64.5 Å². The monoisotopic (exact) mass is 179 g/mol. The Bertz CT molecular complexity index is 217. The van der Waals surface area contributed by atoms with Crippen molar-refractivity contribution >= 4 is 0 Å². The highest BCUT2D eigenvalue weighted by atomic mass is 19.3. The average Bonchev–Trinajstić information content (AvgIpc) is 2.03. The number of ether oxygens (including phenoxy) is 1. The fraction of sp³-hybridized carbons (Fsp3) is 0.667. The molecule has 12 heavy (non-hydrogen) atoms. The first-order chi connectivity index (χ1) is 5.42. The predicted molar refractivity (Wildman–Crippen MR) is 38.9 cm³/mol. The first-order valence-corrected chi connectivity index (χ1v) is 3.39. The second kappa shape index (κ2) is 2.69.